The molecule has 0 unspecified atom stereocenters. The summed E-state index contributed by atoms with van der Waals surface area (Å²) in [6.07, 6.45) is 5.69. The zero-order valence-electron chi connectivity index (χ0n) is 12.7. The molecule has 1 heterocycles. The summed E-state index contributed by atoms with van der Waals surface area (Å²) in [5, 5.41) is 13.5. The number of benzene rings is 1. The number of hydrogen-bond donors (Lipinski definition) is 2. The van der Waals surface area contributed by atoms with Gasteiger partial charge in [0, 0.05) is 12.2 Å². The van der Waals surface area contributed by atoms with E-state index in [0.717, 1.165) is 31.4 Å². The Morgan fingerprint density at radius 2 is 1.68 bits per heavy atom. The second-order valence-corrected chi connectivity index (χ2v) is 6.66. The maximum absolute atomic E-state index is 9.67. The summed E-state index contributed by atoms with van der Waals surface area (Å²) < 4.78 is 0. The molecule has 2 N–H and O–H groups in total. The van der Waals surface area contributed by atoms with Crippen molar-refractivity contribution in [1.29, 1.82) is 0 Å². The molecule has 1 aromatic heterocycles. The van der Waals surface area contributed by atoms with Crippen LogP contribution in [0, 0.1) is 5.92 Å². The zero-order valence-corrected chi connectivity index (χ0v) is 12.7. The second-order valence-electron chi connectivity index (χ2n) is 6.66. The van der Waals surface area contributed by atoms with Crippen molar-refractivity contribution >= 4 is 0 Å². The molecule has 2 aliphatic carbocycles. The molecule has 4 rings (SSSR count). The summed E-state index contributed by atoms with van der Waals surface area (Å²) in [7, 11) is 0. The number of aliphatic hydroxyl groups excluding tert-OH is 1. The van der Waals surface area contributed by atoms with Crippen LogP contribution in [0.15, 0.2) is 48.7 Å². The van der Waals surface area contributed by atoms with Gasteiger partial charge in [-0.2, -0.15) is 0 Å². The second kappa shape index (κ2) is 5.82. The molecule has 114 valence electrons. The van der Waals surface area contributed by atoms with E-state index in [1.165, 1.54) is 11.1 Å². The Kier molecular flexibility index (Phi) is 3.68. The molecule has 3 nitrogen and oxygen atoms in total. The molecule has 0 spiro atoms. The molecule has 1 aromatic carbocycles. The summed E-state index contributed by atoms with van der Waals surface area (Å²) in [5.41, 5.74) is 4.04. The molecule has 0 radical (unpaired) electrons. The third kappa shape index (κ3) is 2.67. The molecule has 22 heavy (non-hydrogen) atoms. The lowest BCUT2D eigenvalue weighted by Gasteiger charge is -2.39. The van der Waals surface area contributed by atoms with E-state index in [4.69, 9.17) is 0 Å². The van der Waals surface area contributed by atoms with Crippen LogP contribution in [-0.2, 0) is 12.8 Å². The minimum atomic E-state index is -0.126. The van der Waals surface area contributed by atoms with Gasteiger partial charge in [0.2, 0.25) is 0 Å². The van der Waals surface area contributed by atoms with Gasteiger partial charge in [-0.15, -0.1) is 0 Å². The monoisotopic (exact) mass is 294 g/mol. The number of hydrogen-bond acceptors (Lipinski definition) is 3. The third-order valence-electron chi connectivity index (χ3n) is 5.09. The highest BCUT2D eigenvalue weighted by Gasteiger charge is 2.37. The lowest BCUT2D eigenvalue weighted by molar-refractivity contribution is 0.0212. The number of nitrogens with zero attached hydrogens (tertiary/aromatic N) is 1. The molecule has 1 saturated carbocycles. The number of aromatic nitrogens is 1. The summed E-state index contributed by atoms with van der Waals surface area (Å²) in [5.74, 6) is 0.494. The van der Waals surface area contributed by atoms with Crippen LogP contribution in [0.5, 0.6) is 0 Å². The topological polar surface area (TPSA) is 45.1 Å². The van der Waals surface area contributed by atoms with Crippen molar-refractivity contribution in [3.63, 3.8) is 0 Å². The van der Waals surface area contributed by atoms with Crippen molar-refractivity contribution in [1.82, 2.24) is 10.3 Å². The van der Waals surface area contributed by atoms with E-state index < -0.39 is 0 Å². The summed E-state index contributed by atoms with van der Waals surface area (Å²) in [4.78, 5) is 4.55. The molecule has 3 heteroatoms. The molecular formula is C19H22N2O. The third-order valence-corrected chi connectivity index (χ3v) is 5.09. The fourth-order valence-corrected chi connectivity index (χ4v) is 3.86. The standard InChI is InChI=1S/C19H22N2O/c22-17-11-15(12-17)19(18-7-3-4-8-20-18)21-16-9-13-5-1-2-6-14(13)10-16/h1-8,15-17,19,21-22H,9-12H2/t15?,17?,19-/m0/s1. The fourth-order valence-electron chi connectivity index (χ4n) is 3.86. The molecular weight excluding hydrogens is 272 g/mol. The largest absolute Gasteiger partial charge is 0.393 e. The molecule has 0 aliphatic heterocycles. The minimum absolute atomic E-state index is 0.126. The first-order valence-corrected chi connectivity index (χ1v) is 8.21. The highest BCUT2D eigenvalue weighted by Crippen LogP contribution is 2.38. The fraction of sp³-hybridized carbons (Fsp3) is 0.421. The Balaban J connectivity index is 1.50. The SMILES string of the molecule is OC1CC([C@H](NC2Cc3ccccc3C2)c2ccccn2)C1. The Morgan fingerprint density at radius 1 is 1.00 bits per heavy atom. The van der Waals surface area contributed by atoms with E-state index >= 15 is 0 Å². The van der Waals surface area contributed by atoms with Crippen LogP contribution in [0.1, 0.15) is 35.7 Å². The van der Waals surface area contributed by atoms with Crippen LogP contribution in [0.4, 0.5) is 0 Å². The normalized spacial score (nSPS) is 25.5. The van der Waals surface area contributed by atoms with Crippen LogP contribution in [0.3, 0.4) is 0 Å². The molecule has 2 aromatic rings. The quantitative estimate of drug-likeness (QED) is 0.911. The number of aliphatic hydroxyl groups is 1. The van der Waals surface area contributed by atoms with E-state index in [-0.39, 0.29) is 12.1 Å². The Hall–Kier alpha value is -1.71. The van der Waals surface area contributed by atoms with Gasteiger partial charge in [0.15, 0.2) is 0 Å². The van der Waals surface area contributed by atoms with Gasteiger partial charge in [0.1, 0.15) is 0 Å². The van der Waals surface area contributed by atoms with Gasteiger partial charge >= 0.3 is 0 Å². The molecule has 1 atom stereocenters. The molecule has 0 amide bonds. The first-order valence-electron chi connectivity index (χ1n) is 8.21. The maximum Gasteiger partial charge on any atom is 0.0576 e. The number of rotatable bonds is 4. The van der Waals surface area contributed by atoms with Crippen molar-refractivity contribution in [2.24, 2.45) is 5.92 Å². The van der Waals surface area contributed by atoms with E-state index in [0.29, 0.717) is 12.0 Å². The Labute approximate surface area is 131 Å². The predicted octanol–water partition coefficient (Wildman–Crippen LogP) is 2.65. The number of nitrogens with one attached hydrogen (secondary N) is 1. The van der Waals surface area contributed by atoms with Crippen molar-refractivity contribution < 1.29 is 5.11 Å². The first-order chi connectivity index (χ1) is 10.8. The molecule has 2 aliphatic rings. The minimum Gasteiger partial charge on any atom is -0.393 e. The lowest BCUT2D eigenvalue weighted by Crippen LogP contribution is -2.43. The Morgan fingerprint density at radius 3 is 2.27 bits per heavy atom. The predicted molar refractivity (Wildman–Crippen MR) is 86.5 cm³/mol. The molecule has 0 bridgehead atoms. The summed E-state index contributed by atoms with van der Waals surface area (Å²) in [6, 6.07) is 15.6. The van der Waals surface area contributed by atoms with Crippen LogP contribution >= 0.6 is 0 Å². The van der Waals surface area contributed by atoms with Gasteiger partial charge in [-0.05, 0) is 54.9 Å². The first kappa shape index (κ1) is 13.9. The zero-order chi connectivity index (χ0) is 14.9. The van der Waals surface area contributed by atoms with Crippen LogP contribution in [-0.4, -0.2) is 22.2 Å². The lowest BCUT2D eigenvalue weighted by atomic mass is 9.76. The molecule has 0 saturated heterocycles. The summed E-state index contributed by atoms with van der Waals surface area (Å²) >= 11 is 0. The van der Waals surface area contributed by atoms with Gasteiger partial charge in [-0.25, -0.2) is 0 Å². The highest BCUT2D eigenvalue weighted by molar-refractivity contribution is 5.33. The van der Waals surface area contributed by atoms with Crippen molar-refractivity contribution in [2.45, 2.75) is 43.9 Å². The highest BCUT2D eigenvalue weighted by atomic mass is 16.3. The number of fused-ring (bicyclic) bond motifs is 1. The van der Waals surface area contributed by atoms with Crippen LogP contribution in [0.25, 0.3) is 0 Å². The average Bonchev–Trinajstić information content (AvgIpc) is 2.93. The van der Waals surface area contributed by atoms with E-state index in [1.807, 2.05) is 12.3 Å². The van der Waals surface area contributed by atoms with E-state index in [1.54, 1.807) is 0 Å². The van der Waals surface area contributed by atoms with Gasteiger partial charge in [0.05, 0.1) is 17.8 Å². The molecule has 1 fully saturated rings. The van der Waals surface area contributed by atoms with Gasteiger partial charge in [-0.3, -0.25) is 4.98 Å². The maximum atomic E-state index is 9.67. The van der Waals surface area contributed by atoms with Crippen LogP contribution in [0.2, 0.25) is 0 Å². The summed E-state index contributed by atoms with van der Waals surface area (Å²) in [6.45, 7) is 0. The Bertz CT molecular complexity index is 612. The smallest absolute Gasteiger partial charge is 0.0576 e. The van der Waals surface area contributed by atoms with Crippen LogP contribution < -0.4 is 5.32 Å². The van der Waals surface area contributed by atoms with Crippen molar-refractivity contribution in [3.8, 4) is 0 Å². The van der Waals surface area contributed by atoms with Gasteiger partial charge in [0.25, 0.3) is 0 Å². The van der Waals surface area contributed by atoms with Gasteiger partial charge in [-0.1, -0.05) is 30.3 Å². The number of pyridine rings is 1. The van der Waals surface area contributed by atoms with E-state index in [2.05, 4.69) is 46.7 Å². The van der Waals surface area contributed by atoms with Crippen molar-refractivity contribution in [3.05, 3.63) is 65.5 Å². The van der Waals surface area contributed by atoms with E-state index in [9.17, 15) is 5.11 Å². The average molecular weight is 294 g/mol. The van der Waals surface area contributed by atoms with Crippen molar-refractivity contribution in [2.75, 3.05) is 0 Å². The van der Waals surface area contributed by atoms with Gasteiger partial charge < -0.3 is 10.4 Å².